The molecule has 0 unspecified atom stereocenters. The van der Waals surface area contributed by atoms with Gasteiger partial charge in [0.15, 0.2) is 5.84 Å². The Bertz CT molecular complexity index is 877. The quantitative estimate of drug-likeness (QED) is 0.534. The Morgan fingerprint density at radius 3 is 2.37 bits per heavy atom. The highest BCUT2D eigenvalue weighted by Crippen LogP contribution is 2.25. The number of benzene rings is 2. The predicted molar refractivity (Wildman–Crippen MR) is 113 cm³/mol. The number of nitrogens with zero attached hydrogens (tertiary/aromatic N) is 3. The van der Waals surface area contributed by atoms with E-state index in [1.807, 2.05) is 13.8 Å². The van der Waals surface area contributed by atoms with Gasteiger partial charge in [-0.2, -0.15) is 0 Å². The molecule has 0 radical (unpaired) electrons. The number of aryl methyl sites for hydroxylation is 2. The minimum Gasteiger partial charge on any atom is -0.371 e. The minimum absolute atomic E-state index is 0.272. The molecule has 27 heavy (non-hydrogen) atoms. The van der Waals surface area contributed by atoms with Crippen LogP contribution in [0, 0.1) is 19.7 Å². The molecule has 142 valence electrons. The van der Waals surface area contributed by atoms with Crippen LogP contribution < -0.4 is 4.90 Å². The molecule has 1 fully saturated rings. The summed E-state index contributed by atoms with van der Waals surface area (Å²) in [7, 11) is 1.70. The van der Waals surface area contributed by atoms with Gasteiger partial charge >= 0.3 is 0 Å². The van der Waals surface area contributed by atoms with Gasteiger partial charge in [0.25, 0.3) is 0 Å². The first kappa shape index (κ1) is 19.3. The van der Waals surface area contributed by atoms with Gasteiger partial charge in [0.1, 0.15) is 5.82 Å². The SMILES string of the molecule is CN=C(N=C(C)c1ccc(N2CCCCC2)c(C)c1)c1cc(F)ccc1C. The molecular weight excluding hydrogens is 337 g/mol. The van der Waals surface area contributed by atoms with Crippen LogP contribution in [0.25, 0.3) is 0 Å². The molecule has 1 saturated heterocycles. The average molecular weight is 365 g/mol. The van der Waals surface area contributed by atoms with Crippen LogP contribution in [0.4, 0.5) is 10.1 Å². The van der Waals surface area contributed by atoms with E-state index in [1.54, 1.807) is 13.1 Å². The summed E-state index contributed by atoms with van der Waals surface area (Å²) in [6.45, 7) is 8.36. The maximum Gasteiger partial charge on any atom is 0.154 e. The molecule has 0 spiro atoms. The second kappa shape index (κ2) is 8.47. The summed E-state index contributed by atoms with van der Waals surface area (Å²) in [5.41, 5.74) is 6.23. The van der Waals surface area contributed by atoms with Gasteiger partial charge in [-0.05, 0) is 81.0 Å². The smallest absolute Gasteiger partial charge is 0.154 e. The Balaban J connectivity index is 1.88. The summed E-state index contributed by atoms with van der Waals surface area (Å²) in [5, 5.41) is 0. The van der Waals surface area contributed by atoms with E-state index in [4.69, 9.17) is 4.99 Å². The van der Waals surface area contributed by atoms with Gasteiger partial charge in [-0.25, -0.2) is 9.38 Å². The number of anilines is 1. The van der Waals surface area contributed by atoms with E-state index in [0.29, 0.717) is 5.84 Å². The van der Waals surface area contributed by atoms with Crippen molar-refractivity contribution < 1.29 is 4.39 Å². The zero-order chi connectivity index (χ0) is 19.4. The molecule has 0 amide bonds. The normalized spacial score (nSPS) is 16.0. The molecule has 3 nitrogen and oxygen atoms in total. The van der Waals surface area contributed by atoms with Gasteiger partial charge in [0, 0.05) is 37.1 Å². The third-order valence-electron chi connectivity index (χ3n) is 5.24. The Morgan fingerprint density at radius 2 is 1.70 bits per heavy atom. The first-order chi connectivity index (χ1) is 13.0. The number of piperidine rings is 1. The van der Waals surface area contributed by atoms with Crippen LogP contribution >= 0.6 is 0 Å². The first-order valence-corrected chi connectivity index (χ1v) is 9.64. The third-order valence-corrected chi connectivity index (χ3v) is 5.24. The number of hydrogen-bond donors (Lipinski definition) is 0. The summed E-state index contributed by atoms with van der Waals surface area (Å²) in [6, 6.07) is 11.2. The van der Waals surface area contributed by atoms with Crippen molar-refractivity contribution in [2.75, 3.05) is 25.0 Å². The highest BCUT2D eigenvalue weighted by Gasteiger charge is 2.14. The van der Waals surface area contributed by atoms with Gasteiger partial charge in [0.2, 0.25) is 0 Å². The van der Waals surface area contributed by atoms with Crippen LogP contribution in [0.3, 0.4) is 0 Å². The van der Waals surface area contributed by atoms with Crippen molar-refractivity contribution in [3.63, 3.8) is 0 Å². The van der Waals surface area contributed by atoms with Crippen molar-refractivity contribution in [1.29, 1.82) is 0 Å². The monoisotopic (exact) mass is 365 g/mol. The fourth-order valence-electron chi connectivity index (χ4n) is 3.66. The summed E-state index contributed by atoms with van der Waals surface area (Å²) in [5.74, 6) is 0.286. The lowest BCUT2D eigenvalue weighted by atomic mass is 10.0. The molecule has 1 aliphatic heterocycles. The van der Waals surface area contributed by atoms with E-state index >= 15 is 0 Å². The van der Waals surface area contributed by atoms with E-state index in [-0.39, 0.29) is 5.82 Å². The van der Waals surface area contributed by atoms with Crippen LogP contribution in [0.1, 0.15) is 48.4 Å². The second-order valence-corrected chi connectivity index (χ2v) is 7.25. The van der Waals surface area contributed by atoms with Crippen molar-refractivity contribution in [2.24, 2.45) is 9.98 Å². The van der Waals surface area contributed by atoms with Gasteiger partial charge < -0.3 is 4.90 Å². The number of rotatable bonds is 3. The Hall–Kier alpha value is -2.49. The van der Waals surface area contributed by atoms with Crippen molar-refractivity contribution >= 4 is 17.2 Å². The zero-order valence-corrected chi connectivity index (χ0v) is 16.7. The standard InChI is InChI=1S/C23H28FN3/c1-16-8-10-20(24)15-21(16)23(25-4)26-18(3)19-9-11-22(17(2)14-19)27-12-6-5-7-13-27/h8-11,14-15H,5-7,12-13H2,1-4H3. The van der Waals surface area contributed by atoms with Crippen LogP contribution in [0.5, 0.6) is 0 Å². The van der Waals surface area contributed by atoms with Crippen molar-refractivity contribution in [3.05, 3.63) is 64.5 Å². The van der Waals surface area contributed by atoms with Gasteiger partial charge in [-0.1, -0.05) is 12.1 Å². The number of amidine groups is 1. The summed E-state index contributed by atoms with van der Waals surface area (Å²) in [4.78, 5) is 11.5. The lowest BCUT2D eigenvalue weighted by Crippen LogP contribution is -2.30. The van der Waals surface area contributed by atoms with Gasteiger partial charge in [-0.15, -0.1) is 0 Å². The van der Waals surface area contributed by atoms with E-state index in [9.17, 15) is 4.39 Å². The summed E-state index contributed by atoms with van der Waals surface area (Å²) in [6.07, 6.45) is 3.87. The van der Waals surface area contributed by atoms with E-state index in [1.165, 1.54) is 42.6 Å². The lowest BCUT2D eigenvalue weighted by Gasteiger charge is -2.30. The lowest BCUT2D eigenvalue weighted by molar-refractivity contribution is 0.577. The highest BCUT2D eigenvalue weighted by atomic mass is 19.1. The first-order valence-electron chi connectivity index (χ1n) is 9.64. The molecule has 2 aromatic carbocycles. The second-order valence-electron chi connectivity index (χ2n) is 7.25. The minimum atomic E-state index is -0.272. The molecule has 0 aliphatic carbocycles. The number of aliphatic imine (C=N–C) groups is 2. The fraction of sp³-hybridized carbons (Fsp3) is 0.391. The third kappa shape index (κ3) is 4.44. The Kier molecular flexibility index (Phi) is 6.04. The van der Waals surface area contributed by atoms with E-state index in [0.717, 1.165) is 35.5 Å². The van der Waals surface area contributed by atoms with E-state index in [2.05, 4.69) is 35.0 Å². The molecule has 2 aromatic rings. The summed E-state index contributed by atoms with van der Waals surface area (Å²) >= 11 is 0. The molecule has 0 bridgehead atoms. The maximum atomic E-state index is 13.7. The number of hydrogen-bond acceptors (Lipinski definition) is 2. The molecule has 3 rings (SSSR count). The van der Waals surface area contributed by atoms with Crippen LogP contribution in [-0.4, -0.2) is 31.7 Å². The topological polar surface area (TPSA) is 28.0 Å². The predicted octanol–water partition coefficient (Wildman–Crippen LogP) is 5.32. The molecule has 0 saturated carbocycles. The molecular formula is C23H28FN3. The van der Waals surface area contributed by atoms with E-state index < -0.39 is 0 Å². The average Bonchev–Trinajstić information content (AvgIpc) is 2.68. The molecule has 0 aromatic heterocycles. The van der Waals surface area contributed by atoms with Crippen LogP contribution in [0.15, 0.2) is 46.4 Å². The maximum absolute atomic E-state index is 13.7. The van der Waals surface area contributed by atoms with Crippen molar-refractivity contribution in [2.45, 2.75) is 40.0 Å². The van der Waals surface area contributed by atoms with Crippen LogP contribution in [0.2, 0.25) is 0 Å². The highest BCUT2D eigenvalue weighted by molar-refractivity contribution is 6.12. The Labute approximate surface area is 161 Å². The Morgan fingerprint density at radius 1 is 0.963 bits per heavy atom. The van der Waals surface area contributed by atoms with Crippen LogP contribution in [-0.2, 0) is 0 Å². The molecule has 1 heterocycles. The van der Waals surface area contributed by atoms with Gasteiger partial charge in [0.05, 0.1) is 0 Å². The van der Waals surface area contributed by atoms with Crippen molar-refractivity contribution in [3.8, 4) is 0 Å². The molecule has 0 N–H and O–H groups in total. The molecule has 1 aliphatic rings. The largest absolute Gasteiger partial charge is 0.371 e. The number of halogens is 1. The molecule has 4 heteroatoms. The van der Waals surface area contributed by atoms with Crippen molar-refractivity contribution in [1.82, 2.24) is 0 Å². The summed E-state index contributed by atoms with van der Waals surface area (Å²) < 4.78 is 13.7. The van der Waals surface area contributed by atoms with Gasteiger partial charge in [-0.3, -0.25) is 4.99 Å². The zero-order valence-electron chi connectivity index (χ0n) is 16.7. The molecule has 0 atom stereocenters. The fourth-order valence-corrected chi connectivity index (χ4v) is 3.66.